The molecule has 6 aliphatic rings. The van der Waals surface area contributed by atoms with Gasteiger partial charge >= 0.3 is 0 Å². The number of methoxy groups -OCH3 is 1. The first-order valence-electron chi connectivity index (χ1n) is 15.4. The molecule has 3 saturated carbocycles. The van der Waals surface area contributed by atoms with Gasteiger partial charge in [-0.3, -0.25) is 0 Å². The van der Waals surface area contributed by atoms with E-state index in [0.29, 0.717) is 22.6 Å². The zero-order valence-electron chi connectivity index (χ0n) is 23.6. The van der Waals surface area contributed by atoms with Gasteiger partial charge in [-0.25, -0.2) is 0 Å². The molecule has 4 fully saturated rings. The SMILES string of the molecule is Br.COc1ccc2c(c1)[C@]13CCCC[C@@H]1[C@@H](CCC3)C2.Cl.Oc1ccc2c(c1)[C@]13CCCC[C@@H]1[C@H](C2)NCC3. The van der Waals surface area contributed by atoms with Crippen molar-refractivity contribution < 1.29 is 9.84 Å². The first-order valence-corrected chi connectivity index (χ1v) is 15.4. The van der Waals surface area contributed by atoms with Crippen LogP contribution in [0.5, 0.6) is 11.5 Å². The summed E-state index contributed by atoms with van der Waals surface area (Å²) >= 11 is 0. The lowest BCUT2D eigenvalue weighted by molar-refractivity contribution is 0.0521. The highest BCUT2D eigenvalue weighted by Gasteiger charge is 2.52. The van der Waals surface area contributed by atoms with E-state index in [9.17, 15) is 5.11 Å². The Bertz CT molecular complexity index is 1160. The highest BCUT2D eigenvalue weighted by Crippen LogP contribution is 2.59. The number of phenols is 1. The Morgan fingerprint density at radius 1 is 0.769 bits per heavy atom. The minimum atomic E-state index is 0. The van der Waals surface area contributed by atoms with Crippen LogP contribution in [0, 0.1) is 17.8 Å². The van der Waals surface area contributed by atoms with Crippen molar-refractivity contribution in [1.82, 2.24) is 5.32 Å². The van der Waals surface area contributed by atoms with E-state index in [-0.39, 0.29) is 29.4 Å². The minimum Gasteiger partial charge on any atom is -0.508 e. The Balaban J connectivity index is 0.000000150. The quantitative estimate of drug-likeness (QED) is 0.339. The van der Waals surface area contributed by atoms with Gasteiger partial charge in [-0.2, -0.15) is 0 Å². The number of ether oxygens (including phenoxy) is 1. The maximum Gasteiger partial charge on any atom is 0.119 e. The molecule has 0 unspecified atom stereocenters. The highest BCUT2D eigenvalue weighted by molar-refractivity contribution is 8.93. The third-order valence-electron chi connectivity index (χ3n) is 11.8. The summed E-state index contributed by atoms with van der Waals surface area (Å²) in [7, 11) is 1.80. The Labute approximate surface area is 252 Å². The molecule has 39 heavy (non-hydrogen) atoms. The molecule has 5 heteroatoms. The smallest absolute Gasteiger partial charge is 0.119 e. The Morgan fingerprint density at radius 3 is 2.23 bits per heavy atom. The number of halogens is 2. The second-order valence-electron chi connectivity index (χ2n) is 13.3. The molecule has 0 aromatic heterocycles. The number of piperidine rings is 1. The molecule has 5 aliphatic carbocycles. The lowest BCUT2D eigenvalue weighted by Crippen LogP contribution is -2.59. The van der Waals surface area contributed by atoms with Gasteiger partial charge in [0.25, 0.3) is 0 Å². The van der Waals surface area contributed by atoms with Crippen molar-refractivity contribution in [3.63, 3.8) is 0 Å². The van der Waals surface area contributed by atoms with Crippen molar-refractivity contribution in [2.24, 2.45) is 17.8 Å². The maximum atomic E-state index is 9.86. The maximum absolute atomic E-state index is 9.86. The van der Waals surface area contributed by atoms with Gasteiger partial charge in [0.05, 0.1) is 7.11 Å². The van der Waals surface area contributed by atoms with Crippen LogP contribution < -0.4 is 10.1 Å². The number of hydrogen-bond acceptors (Lipinski definition) is 3. The molecule has 1 heterocycles. The normalized spacial score (nSPS) is 35.1. The third-order valence-corrected chi connectivity index (χ3v) is 11.8. The standard InChI is InChI=1S/C18H24O.C16H21NO.BrH.ClH/c1-19-15-8-7-14-11-13-5-4-10-18(17(14)12-15)9-3-2-6-16(13)18;18-12-5-4-11-9-15-13-3-1-2-6-16(13,7-8-17-15)14(11)10-12;;/h7-8,12-13,16H,2-6,9-11H2,1H3;4-5,10,13,15,17-18H,1-3,6-9H2;2*1H/t13-,16+,18-;13-,15+,16+;;/m01../s1. The summed E-state index contributed by atoms with van der Waals surface area (Å²) < 4.78 is 5.49. The van der Waals surface area contributed by atoms with Gasteiger partial charge in [-0.1, -0.05) is 44.2 Å². The summed E-state index contributed by atoms with van der Waals surface area (Å²) in [5.41, 5.74) is 7.13. The largest absolute Gasteiger partial charge is 0.508 e. The number of benzene rings is 2. The molecule has 8 rings (SSSR count). The fourth-order valence-electron chi connectivity index (χ4n) is 10.4. The predicted octanol–water partition coefficient (Wildman–Crippen LogP) is 8.22. The molecule has 1 aliphatic heterocycles. The molecule has 2 N–H and O–H groups in total. The van der Waals surface area contributed by atoms with Gasteiger partial charge in [0.1, 0.15) is 11.5 Å². The van der Waals surface area contributed by atoms with Crippen LogP contribution in [0.15, 0.2) is 36.4 Å². The van der Waals surface area contributed by atoms with E-state index in [1.165, 1.54) is 94.6 Å². The van der Waals surface area contributed by atoms with Crippen LogP contribution in [0.3, 0.4) is 0 Å². The van der Waals surface area contributed by atoms with Crippen LogP contribution >= 0.6 is 29.4 Å². The van der Waals surface area contributed by atoms with Gasteiger partial charge < -0.3 is 15.2 Å². The van der Waals surface area contributed by atoms with E-state index in [4.69, 9.17) is 4.74 Å². The molecule has 6 atom stereocenters. The van der Waals surface area contributed by atoms with Gasteiger partial charge in [0.2, 0.25) is 0 Å². The Morgan fingerprint density at radius 2 is 1.44 bits per heavy atom. The summed E-state index contributed by atoms with van der Waals surface area (Å²) in [6.45, 7) is 1.15. The number of aromatic hydroxyl groups is 1. The van der Waals surface area contributed by atoms with E-state index in [1.54, 1.807) is 18.2 Å². The topological polar surface area (TPSA) is 41.5 Å². The van der Waals surface area contributed by atoms with Gasteiger partial charge in [0, 0.05) is 11.5 Å². The summed E-state index contributed by atoms with van der Waals surface area (Å²) in [5, 5.41) is 13.6. The van der Waals surface area contributed by atoms with Gasteiger partial charge in [-0.05, 0) is 134 Å². The highest BCUT2D eigenvalue weighted by atomic mass is 79.9. The number of fused-ring (bicyclic) bond motifs is 2. The van der Waals surface area contributed by atoms with Crippen LogP contribution in [0.4, 0.5) is 0 Å². The summed E-state index contributed by atoms with van der Waals surface area (Å²) in [6.07, 6.45) is 19.3. The lowest BCUT2D eigenvalue weighted by Gasteiger charge is -2.56. The first kappa shape index (κ1) is 29.3. The Hall–Kier alpha value is -1.23. The predicted molar refractivity (Wildman–Crippen MR) is 167 cm³/mol. The average molecular weight is 617 g/mol. The van der Waals surface area contributed by atoms with E-state index in [2.05, 4.69) is 35.6 Å². The second kappa shape index (κ2) is 11.6. The molecular weight excluding hydrogens is 570 g/mol. The number of rotatable bonds is 1. The van der Waals surface area contributed by atoms with Crippen molar-refractivity contribution >= 4 is 29.4 Å². The fourth-order valence-corrected chi connectivity index (χ4v) is 10.4. The molecule has 1 saturated heterocycles. The second-order valence-corrected chi connectivity index (χ2v) is 13.3. The molecule has 0 spiro atoms. The fraction of sp³-hybridized carbons (Fsp3) is 0.647. The minimum absolute atomic E-state index is 0. The van der Waals surface area contributed by atoms with Crippen molar-refractivity contribution in [3.8, 4) is 11.5 Å². The first-order chi connectivity index (χ1) is 18.1. The number of hydrogen-bond donors (Lipinski definition) is 2. The third kappa shape index (κ3) is 4.75. The molecule has 2 aromatic rings. The summed E-state index contributed by atoms with van der Waals surface area (Å²) in [5.74, 6) is 4.24. The lowest BCUT2D eigenvalue weighted by atomic mass is 9.49. The zero-order valence-corrected chi connectivity index (χ0v) is 26.1. The van der Waals surface area contributed by atoms with Crippen molar-refractivity contribution in [2.75, 3.05) is 13.7 Å². The molecule has 0 radical (unpaired) electrons. The molecule has 4 bridgehead atoms. The number of nitrogens with one attached hydrogen (secondary N) is 1. The van der Waals surface area contributed by atoms with Crippen LogP contribution in [-0.2, 0) is 23.7 Å². The van der Waals surface area contributed by atoms with Gasteiger partial charge in [0.15, 0.2) is 0 Å². The number of phenolic OH excluding ortho intramolecular Hbond substituents is 1. The van der Waals surface area contributed by atoms with Crippen molar-refractivity contribution in [1.29, 1.82) is 0 Å². The van der Waals surface area contributed by atoms with E-state index >= 15 is 0 Å². The monoisotopic (exact) mass is 615 g/mol. The summed E-state index contributed by atoms with van der Waals surface area (Å²) in [4.78, 5) is 0. The van der Waals surface area contributed by atoms with E-state index in [1.807, 2.05) is 6.07 Å². The average Bonchev–Trinajstić information content (AvgIpc) is 2.94. The molecular formula is C34H47BrClNO2. The van der Waals surface area contributed by atoms with Crippen molar-refractivity contribution in [3.05, 3.63) is 58.7 Å². The van der Waals surface area contributed by atoms with E-state index < -0.39 is 0 Å². The van der Waals surface area contributed by atoms with Crippen LogP contribution in [0.2, 0.25) is 0 Å². The van der Waals surface area contributed by atoms with E-state index in [0.717, 1.165) is 36.5 Å². The van der Waals surface area contributed by atoms with Gasteiger partial charge in [-0.15, -0.1) is 29.4 Å². The zero-order chi connectivity index (χ0) is 25.0. The Kier molecular flexibility index (Phi) is 8.68. The molecule has 3 nitrogen and oxygen atoms in total. The molecule has 214 valence electrons. The van der Waals surface area contributed by atoms with Crippen LogP contribution in [0.25, 0.3) is 0 Å². The van der Waals surface area contributed by atoms with Crippen LogP contribution in [0.1, 0.15) is 99.3 Å². The van der Waals surface area contributed by atoms with Crippen LogP contribution in [-0.4, -0.2) is 24.8 Å². The molecule has 0 amide bonds. The molecule has 2 aromatic carbocycles. The summed E-state index contributed by atoms with van der Waals surface area (Å²) in [6, 6.07) is 13.6. The van der Waals surface area contributed by atoms with Crippen molar-refractivity contribution in [2.45, 2.75) is 107 Å².